The zero-order valence-corrected chi connectivity index (χ0v) is 11.9. The summed E-state index contributed by atoms with van der Waals surface area (Å²) in [7, 11) is -0.723. The van der Waals surface area contributed by atoms with E-state index in [1.165, 1.54) is 64.2 Å². The number of nitrogens with two attached hydrogens (primary N) is 1. The molecule has 0 spiro atoms. The summed E-state index contributed by atoms with van der Waals surface area (Å²) in [4.78, 5) is 0. The first kappa shape index (κ1) is 12.6. The van der Waals surface area contributed by atoms with Crippen molar-refractivity contribution in [1.29, 1.82) is 0 Å². The summed E-state index contributed by atoms with van der Waals surface area (Å²) < 4.78 is 6.04. The maximum absolute atomic E-state index is 6.04. The molecular weight excluding hydrogens is 214 g/mol. The molecule has 0 aromatic heterocycles. The quantitative estimate of drug-likeness (QED) is 0.768. The summed E-state index contributed by atoms with van der Waals surface area (Å²) >= 11 is 0. The molecule has 2 fully saturated rings. The lowest BCUT2D eigenvalue weighted by molar-refractivity contribution is 0.0416. The fourth-order valence-corrected chi connectivity index (χ4v) is 4.46. The van der Waals surface area contributed by atoms with E-state index in [0.717, 1.165) is 11.8 Å². The molecule has 0 aromatic rings. The maximum Gasteiger partial charge on any atom is 0.233 e. The number of hydrogen-bond acceptors (Lipinski definition) is 2. The van der Waals surface area contributed by atoms with Gasteiger partial charge in [0.25, 0.3) is 0 Å². The van der Waals surface area contributed by atoms with Crippen molar-refractivity contribution < 1.29 is 4.43 Å². The highest BCUT2D eigenvalue weighted by molar-refractivity contribution is 6.22. The van der Waals surface area contributed by atoms with Crippen LogP contribution in [0.3, 0.4) is 0 Å². The fraction of sp³-hybridized carbons (Fsp3) is 1.00. The highest BCUT2D eigenvalue weighted by Gasteiger charge is 2.31. The molecule has 0 aliphatic heterocycles. The highest BCUT2D eigenvalue weighted by Crippen LogP contribution is 2.36. The van der Waals surface area contributed by atoms with E-state index >= 15 is 0 Å². The van der Waals surface area contributed by atoms with Gasteiger partial charge in [0.15, 0.2) is 0 Å². The van der Waals surface area contributed by atoms with Crippen molar-refractivity contribution in [1.82, 2.24) is 0 Å². The molecule has 2 aliphatic rings. The largest absolute Gasteiger partial charge is 0.405 e. The first-order valence-electron chi connectivity index (χ1n) is 7.23. The Bertz CT molecular complexity index is 170. The first-order valence-corrected chi connectivity index (χ1v) is 8.63. The first-order chi connectivity index (χ1) is 7.92. The topological polar surface area (TPSA) is 35.2 Å². The Morgan fingerprint density at radius 1 is 0.812 bits per heavy atom. The van der Waals surface area contributed by atoms with E-state index in [1.54, 1.807) is 0 Å². The van der Waals surface area contributed by atoms with Crippen LogP contribution in [-0.4, -0.2) is 16.0 Å². The van der Waals surface area contributed by atoms with Gasteiger partial charge in [-0.2, -0.15) is 0 Å². The van der Waals surface area contributed by atoms with Crippen LogP contribution in [-0.2, 0) is 4.43 Å². The predicted octanol–water partition coefficient (Wildman–Crippen LogP) is 2.49. The molecule has 0 radical (unpaired) electrons. The van der Waals surface area contributed by atoms with Gasteiger partial charge in [0.1, 0.15) is 0 Å². The van der Waals surface area contributed by atoms with Gasteiger partial charge >= 0.3 is 0 Å². The molecule has 0 saturated heterocycles. The Morgan fingerprint density at radius 3 is 1.62 bits per heavy atom. The average molecular weight is 241 g/mol. The van der Waals surface area contributed by atoms with Crippen LogP contribution in [0, 0.1) is 11.8 Å². The molecule has 2 N–H and O–H groups in total. The molecule has 94 valence electrons. The van der Waals surface area contributed by atoms with E-state index in [-0.39, 0.29) is 0 Å². The molecule has 16 heavy (non-hydrogen) atoms. The second-order valence-electron chi connectivity index (χ2n) is 5.59. The van der Waals surface area contributed by atoms with Crippen LogP contribution in [0.15, 0.2) is 0 Å². The monoisotopic (exact) mass is 241 g/mol. The van der Waals surface area contributed by atoms with E-state index in [4.69, 9.17) is 9.83 Å². The van der Waals surface area contributed by atoms with Gasteiger partial charge in [0.05, 0.1) is 6.10 Å². The van der Waals surface area contributed by atoms with Gasteiger partial charge in [-0.25, -0.2) is 0 Å². The molecule has 0 bridgehead atoms. The third-order valence-electron chi connectivity index (χ3n) is 4.52. The molecular formula is C13H27NOSi. The zero-order valence-electron chi connectivity index (χ0n) is 10.5. The summed E-state index contributed by atoms with van der Waals surface area (Å²) in [5.41, 5.74) is 0. The van der Waals surface area contributed by atoms with Crippen molar-refractivity contribution in [3.63, 3.8) is 0 Å². The lowest BCUT2D eigenvalue weighted by atomic mass is 9.75. The third-order valence-corrected chi connectivity index (χ3v) is 5.09. The van der Waals surface area contributed by atoms with Crippen LogP contribution >= 0.6 is 0 Å². The Hall–Kier alpha value is 0.137. The molecule has 2 saturated carbocycles. The minimum Gasteiger partial charge on any atom is -0.405 e. The summed E-state index contributed by atoms with van der Waals surface area (Å²) in [5.74, 6) is 1.68. The Kier molecular flexibility index (Phi) is 5.33. The third kappa shape index (κ3) is 3.31. The van der Waals surface area contributed by atoms with Crippen molar-refractivity contribution in [3.05, 3.63) is 0 Å². The second-order valence-corrected chi connectivity index (χ2v) is 6.26. The van der Waals surface area contributed by atoms with Gasteiger partial charge < -0.3 is 9.83 Å². The highest BCUT2D eigenvalue weighted by atomic mass is 28.2. The van der Waals surface area contributed by atoms with Gasteiger partial charge in [-0.05, 0) is 37.5 Å². The predicted molar refractivity (Wildman–Crippen MR) is 70.8 cm³/mol. The normalized spacial score (nSPS) is 25.9. The number of rotatable bonds is 4. The summed E-state index contributed by atoms with van der Waals surface area (Å²) in [5, 5.41) is 5.76. The fourth-order valence-electron chi connectivity index (χ4n) is 3.69. The van der Waals surface area contributed by atoms with Crippen LogP contribution in [0.2, 0.25) is 0 Å². The van der Waals surface area contributed by atoms with Gasteiger partial charge in [-0.3, -0.25) is 0 Å². The summed E-state index contributed by atoms with van der Waals surface area (Å²) in [6.07, 6.45) is 14.7. The van der Waals surface area contributed by atoms with Gasteiger partial charge in [-0.15, -0.1) is 0 Å². The molecule has 0 heterocycles. The van der Waals surface area contributed by atoms with E-state index < -0.39 is 9.92 Å². The van der Waals surface area contributed by atoms with Gasteiger partial charge in [0, 0.05) is 0 Å². The van der Waals surface area contributed by atoms with E-state index in [2.05, 4.69) is 0 Å². The second kappa shape index (κ2) is 6.77. The van der Waals surface area contributed by atoms with Gasteiger partial charge in [-0.1, -0.05) is 38.5 Å². The Balaban J connectivity index is 1.91. The van der Waals surface area contributed by atoms with Crippen molar-refractivity contribution in [2.75, 3.05) is 0 Å². The van der Waals surface area contributed by atoms with Crippen molar-refractivity contribution in [3.8, 4) is 0 Å². The SMILES string of the molecule is N[SiH2]OC(C1CCCCC1)C1CCCCC1. The minimum atomic E-state index is -0.723. The van der Waals surface area contributed by atoms with Crippen molar-refractivity contribution in [2.24, 2.45) is 17.2 Å². The lowest BCUT2D eigenvalue weighted by Gasteiger charge is -2.37. The average Bonchev–Trinajstić information content (AvgIpc) is 2.38. The Labute approximate surface area is 102 Å². The molecule has 0 unspecified atom stereocenters. The van der Waals surface area contributed by atoms with Crippen LogP contribution in [0.5, 0.6) is 0 Å². The van der Waals surface area contributed by atoms with Gasteiger partial charge in [0.2, 0.25) is 9.92 Å². The molecule has 3 heteroatoms. The van der Waals surface area contributed by atoms with E-state index in [9.17, 15) is 0 Å². The molecule has 2 aliphatic carbocycles. The molecule has 0 amide bonds. The lowest BCUT2D eigenvalue weighted by Crippen LogP contribution is -2.37. The zero-order chi connectivity index (χ0) is 11.2. The summed E-state index contributed by atoms with van der Waals surface area (Å²) in [6, 6.07) is 0. The molecule has 2 rings (SSSR count). The van der Waals surface area contributed by atoms with Crippen LogP contribution in [0.1, 0.15) is 64.2 Å². The summed E-state index contributed by atoms with van der Waals surface area (Å²) in [6.45, 7) is 0. The Morgan fingerprint density at radius 2 is 1.25 bits per heavy atom. The molecule has 2 nitrogen and oxygen atoms in total. The van der Waals surface area contributed by atoms with Crippen LogP contribution in [0.4, 0.5) is 0 Å². The number of hydrogen-bond donors (Lipinski definition) is 1. The van der Waals surface area contributed by atoms with Crippen molar-refractivity contribution >= 4 is 9.92 Å². The van der Waals surface area contributed by atoms with Crippen LogP contribution < -0.4 is 5.40 Å². The maximum atomic E-state index is 6.04. The van der Waals surface area contributed by atoms with Crippen molar-refractivity contribution in [2.45, 2.75) is 70.3 Å². The smallest absolute Gasteiger partial charge is 0.233 e. The van der Waals surface area contributed by atoms with E-state index in [1.807, 2.05) is 0 Å². The van der Waals surface area contributed by atoms with E-state index in [0.29, 0.717) is 6.10 Å². The van der Waals surface area contributed by atoms with Crippen LogP contribution in [0.25, 0.3) is 0 Å². The standard InChI is InChI=1S/C13H27NOSi/c14-16-15-13(11-7-3-1-4-8-11)12-9-5-2-6-10-12/h11-13H,1-10,14,16H2. The molecule has 0 atom stereocenters. The molecule has 0 aromatic carbocycles. The minimum absolute atomic E-state index is 0.539.